The maximum absolute atomic E-state index is 13.3. The highest BCUT2D eigenvalue weighted by molar-refractivity contribution is 7.13. The average molecular weight is 976 g/mol. The van der Waals surface area contributed by atoms with Crippen molar-refractivity contribution in [1.82, 2.24) is 0 Å². The van der Waals surface area contributed by atoms with E-state index in [1.807, 2.05) is 18.2 Å². The summed E-state index contributed by atoms with van der Waals surface area (Å²) in [6.07, 6.45) is 27.6. The predicted molar refractivity (Wildman–Crippen MR) is 283 cm³/mol. The van der Waals surface area contributed by atoms with E-state index in [-0.39, 0.29) is 39.7 Å². The van der Waals surface area contributed by atoms with Gasteiger partial charge in [0.25, 0.3) is 0 Å². The highest BCUT2D eigenvalue weighted by atomic mass is 32.1. The second-order valence-electron chi connectivity index (χ2n) is 18.4. The van der Waals surface area contributed by atoms with Crippen LogP contribution >= 0.6 is 11.3 Å². The van der Waals surface area contributed by atoms with Crippen LogP contribution < -0.4 is 18.9 Å². The van der Waals surface area contributed by atoms with Crippen molar-refractivity contribution in [2.75, 3.05) is 0 Å². The molecule has 372 valence electrons. The zero-order chi connectivity index (χ0) is 50.0. The van der Waals surface area contributed by atoms with Crippen LogP contribution in [0.3, 0.4) is 0 Å². The van der Waals surface area contributed by atoms with Crippen LogP contribution in [-0.4, -0.2) is 23.9 Å². The van der Waals surface area contributed by atoms with E-state index in [1.54, 1.807) is 42.5 Å². The average Bonchev–Trinajstić information content (AvgIpc) is 3.87. The van der Waals surface area contributed by atoms with E-state index >= 15 is 0 Å². The molecule has 6 rings (SSSR count). The summed E-state index contributed by atoms with van der Waals surface area (Å²) >= 11 is 1.45. The molecule has 0 atom stereocenters. The summed E-state index contributed by atoms with van der Waals surface area (Å²) in [4.78, 5) is 54.0. The zero-order valence-corrected chi connectivity index (χ0v) is 42.5. The number of carbonyl (C=O) groups excluding carboxylic acids is 4. The van der Waals surface area contributed by atoms with Gasteiger partial charge in [-0.25, -0.2) is 19.2 Å². The molecule has 0 radical (unpaired) electrons. The minimum atomic E-state index is -0.710. The van der Waals surface area contributed by atoms with E-state index in [9.17, 15) is 24.4 Å². The molecule has 0 aliphatic rings. The molecule has 1 heterocycles. The molecule has 0 amide bonds. The first-order valence-electron chi connectivity index (χ1n) is 26.0. The van der Waals surface area contributed by atoms with Crippen LogP contribution in [0.15, 0.2) is 115 Å². The van der Waals surface area contributed by atoms with Crippen molar-refractivity contribution < 1.29 is 38.1 Å². The third-order valence-corrected chi connectivity index (χ3v) is 13.9. The summed E-state index contributed by atoms with van der Waals surface area (Å²) in [5, 5.41) is 11.3. The van der Waals surface area contributed by atoms with Gasteiger partial charge in [0.05, 0.1) is 16.7 Å². The fourth-order valence-electron chi connectivity index (χ4n) is 8.54. The Kier molecular flexibility index (Phi) is 22.4. The van der Waals surface area contributed by atoms with Gasteiger partial charge < -0.3 is 18.9 Å². The van der Waals surface area contributed by atoms with Crippen LogP contribution in [0.4, 0.5) is 0 Å². The lowest BCUT2D eigenvalue weighted by molar-refractivity contribution is 0.0721. The van der Waals surface area contributed by atoms with Crippen LogP contribution in [-0.2, 0) is 12.8 Å². The first-order chi connectivity index (χ1) is 34.7. The first-order valence-corrected chi connectivity index (χ1v) is 26.8. The van der Waals surface area contributed by atoms with Crippen molar-refractivity contribution in [3.63, 3.8) is 0 Å². The second-order valence-corrected chi connectivity index (χ2v) is 19.5. The Labute approximate surface area is 424 Å². The van der Waals surface area contributed by atoms with Gasteiger partial charge in [-0.3, -0.25) is 0 Å². The first kappa shape index (κ1) is 53.8. The van der Waals surface area contributed by atoms with Gasteiger partial charge in [0.1, 0.15) is 39.5 Å². The van der Waals surface area contributed by atoms with E-state index < -0.39 is 23.9 Å². The number of fused-ring (bicyclic) bond motifs is 1. The van der Waals surface area contributed by atoms with Crippen molar-refractivity contribution in [1.29, 1.82) is 5.26 Å². The molecule has 0 spiro atoms. The molecule has 0 bridgehead atoms. The normalized spacial score (nSPS) is 11.0. The summed E-state index contributed by atoms with van der Waals surface area (Å²) in [6.45, 7) is 4.49. The minimum absolute atomic E-state index is 0.0284. The number of carbonyl (C=O) groups is 4. The van der Waals surface area contributed by atoms with Crippen LogP contribution in [0.25, 0.3) is 10.8 Å². The van der Waals surface area contributed by atoms with E-state index in [4.69, 9.17) is 18.9 Å². The smallest absolute Gasteiger partial charge is 0.353 e. The lowest BCUT2D eigenvalue weighted by Crippen LogP contribution is -2.11. The van der Waals surface area contributed by atoms with E-state index in [0.717, 1.165) is 30.6 Å². The molecule has 10 heteroatoms. The van der Waals surface area contributed by atoms with E-state index in [1.165, 1.54) is 187 Å². The number of esters is 4. The minimum Gasteiger partial charge on any atom is -0.423 e. The molecular weight excluding hydrogens is 907 g/mol. The number of benzene rings is 5. The molecule has 9 nitrogen and oxygen atoms in total. The number of unbranched alkanes of at least 4 members (excludes halogenated alkanes) is 18. The van der Waals surface area contributed by atoms with Gasteiger partial charge in [0.2, 0.25) is 0 Å². The molecule has 0 fully saturated rings. The maximum Gasteiger partial charge on any atom is 0.353 e. The van der Waals surface area contributed by atoms with E-state index in [0.29, 0.717) is 21.2 Å². The van der Waals surface area contributed by atoms with Gasteiger partial charge in [-0.2, -0.15) is 5.26 Å². The molecule has 6 aromatic rings. The highest BCUT2D eigenvalue weighted by Gasteiger charge is 2.18. The van der Waals surface area contributed by atoms with Crippen molar-refractivity contribution in [2.45, 2.75) is 155 Å². The molecular formula is C61H69NO8S. The number of rotatable bonds is 30. The number of nitrogens with zero attached hydrogens (tertiary/aromatic N) is 1. The Morgan fingerprint density at radius 3 is 1.38 bits per heavy atom. The number of hydrogen-bond donors (Lipinski definition) is 0. The Bertz CT molecular complexity index is 2660. The van der Waals surface area contributed by atoms with Crippen LogP contribution in [0, 0.1) is 11.3 Å². The van der Waals surface area contributed by atoms with Gasteiger partial charge in [-0.05, 0) is 128 Å². The topological polar surface area (TPSA) is 129 Å². The molecule has 5 aromatic carbocycles. The number of ether oxygens (including phenoxy) is 4. The molecule has 0 aliphatic carbocycles. The number of nitriles is 1. The Morgan fingerprint density at radius 1 is 0.437 bits per heavy atom. The molecule has 0 saturated carbocycles. The van der Waals surface area contributed by atoms with Gasteiger partial charge in [-0.15, -0.1) is 11.3 Å². The Balaban J connectivity index is 0.940. The fraction of sp³-hybridized carbons (Fsp3) is 0.393. The monoisotopic (exact) mass is 975 g/mol. The molecule has 0 aliphatic heterocycles. The largest absolute Gasteiger partial charge is 0.423 e. The van der Waals surface area contributed by atoms with Gasteiger partial charge in [-0.1, -0.05) is 154 Å². The summed E-state index contributed by atoms with van der Waals surface area (Å²) < 4.78 is 22.6. The standard InChI is InChI=1S/C61H69NO8S/c1-3-5-7-9-11-13-15-17-19-21-23-45-25-27-47(28-26-45)58(63)67-50-35-30-48(31-36-50)59(64)69-52-39-29-46-34-41-56(55(44-62)54(46)43-52)70-60(65)49-32-37-51(38-33-49)68-61(66)57-42-40-53(71-57)24-22-20-18-16-14-12-10-8-6-4-2/h25-43H,3-24H2,1-2H3. The van der Waals surface area contributed by atoms with Crippen molar-refractivity contribution in [3.05, 3.63) is 153 Å². The summed E-state index contributed by atoms with van der Waals surface area (Å²) in [5.74, 6) is -1.55. The number of aryl methyl sites for hydroxylation is 2. The molecule has 0 saturated heterocycles. The Hall–Kier alpha value is -6.57. The van der Waals surface area contributed by atoms with Gasteiger partial charge in [0, 0.05) is 10.3 Å². The third kappa shape index (κ3) is 17.7. The highest BCUT2D eigenvalue weighted by Crippen LogP contribution is 2.32. The molecule has 71 heavy (non-hydrogen) atoms. The Morgan fingerprint density at radius 2 is 0.859 bits per heavy atom. The van der Waals surface area contributed by atoms with E-state index in [2.05, 4.69) is 19.9 Å². The summed E-state index contributed by atoms with van der Waals surface area (Å²) in [5.41, 5.74) is 2.13. The second kappa shape index (κ2) is 29.6. The van der Waals surface area contributed by atoms with Crippen LogP contribution in [0.2, 0.25) is 0 Å². The van der Waals surface area contributed by atoms with Gasteiger partial charge in [0.15, 0.2) is 0 Å². The maximum atomic E-state index is 13.3. The van der Waals surface area contributed by atoms with Crippen LogP contribution in [0.5, 0.6) is 23.0 Å². The van der Waals surface area contributed by atoms with Crippen LogP contribution in [0.1, 0.15) is 199 Å². The molecule has 0 N–H and O–H groups in total. The SMILES string of the molecule is CCCCCCCCCCCCc1ccc(C(=O)Oc2ccc(C(=O)Oc3ccc4ccc(OC(=O)c5ccc(OC(=O)c6ccc(CCCCCCCCCCCC)s6)cc5)c(C#N)c4c3)cc2)cc1. The third-order valence-electron chi connectivity index (χ3n) is 12.7. The van der Waals surface area contributed by atoms with Gasteiger partial charge >= 0.3 is 23.9 Å². The fourth-order valence-corrected chi connectivity index (χ4v) is 9.47. The number of hydrogen-bond acceptors (Lipinski definition) is 10. The summed E-state index contributed by atoms with van der Waals surface area (Å²) in [6, 6.07) is 33.7. The van der Waals surface area contributed by atoms with Crippen molar-refractivity contribution in [3.8, 4) is 29.1 Å². The lowest BCUT2D eigenvalue weighted by atomic mass is 10.0. The summed E-state index contributed by atoms with van der Waals surface area (Å²) in [7, 11) is 0. The number of thiophene rings is 1. The zero-order valence-electron chi connectivity index (χ0n) is 41.6. The van der Waals surface area contributed by atoms with Crippen molar-refractivity contribution >= 4 is 46.0 Å². The quantitative estimate of drug-likeness (QED) is 0.0246. The predicted octanol–water partition coefficient (Wildman–Crippen LogP) is 16.6. The molecule has 1 aromatic heterocycles. The van der Waals surface area contributed by atoms with Crippen molar-refractivity contribution in [2.24, 2.45) is 0 Å². The lowest BCUT2D eigenvalue weighted by Gasteiger charge is -2.11. The molecule has 0 unspecified atom stereocenters.